The monoisotopic (exact) mass is 649 g/mol. The quantitative estimate of drug-likeness (QED) is 0.348. The minimum absolute atomic E-state index is 0.0677. The van der Waals surface area contributed by atoms with Gasteiger partial charge in [0.2, 0.25) is 0 Å². The second-order valence-electron chi connectivity index (χ2n) is 9.13. The Bertz CT molecular complexity index is 1510. The van der Waals surface area contributed by atoms with Gasteiger partial charge in [0.05, 0.1) is 42.4 Å². The third-order valence-electron chi connectivity index (χ3n) is 6.28. The summed E-state index contributed by atoms with van der Waals surface area (Å²) in [4.78, 5) is 5.04. The second-order valence-corrected chi connectivity index (χ2v) is 15.3. The normalized spacial score (nSPS) is 20.5. The summed E-state index contributed by atoms with van der Waals surface area (Å²) in [6, 6.07) is 11.2. The summed E-state index contributed by atoms with van der Waals surface area (Å²) >= 11 is 15.7. The predicted octanol–water partition coefficient (Wildman–Crippen LogP) is 4.60. The molecule has 8 nitrogen and oxygen atoms in total. The molecule has 0 spiro atoms. The first kappa shape index (κ1) is 30.7. The third kappa shape index (κ3) is 8.40. The molecule has 14 heteroatoms. The van der Waals surface area contributed by atoms with Gasteiger partial charge in [0.1, 0.15) is 5.69 Å². The fraction of sp³-hybridized carbons (Fsp3) is 0.360. The van der Waals surface area contributed by atoms with E-state index < -0.39 is 31.7 Å². The van der Waals surface area contributed by atoms with Crippen molar-refractivity contribution in [3.05, 3.63) is 69.2 Å². The van der Waals surface area contributed by atoms with Gasteiger partial charge in [0.25, 0.3) is 0 Å². The molecule has 2 aliphatic heterocycles. The largest absolute Gasteiger partial charge is 0.748 e. The first-order valence-electron chi connectivity index (χ1n) is 12.2. The Hall–Kier alpha value is -1.22. The molecule has 0 bridgehead atoms. The van der Waals surface area contributed by atoms with Crippen LogP contribution in [0.3, 0.4) is 0 Å². The van der Waals surface area contributed by atoms with E-state index in [1.165, 1.54) is 0 Å². The number of nitrogens with one attached hydrogen (secondary N) is 1. The van der Waals surface area contributed by atoms with Crippen molar-refractivity contribution in [2.45, 2.75) is 41.4 Å². The number of thioether (sulfide) groups is 2. The third-order valence-corrected chi connectivity index (χ3v) is 10.7. The molecule has 2 aromatic rings. The summed E-state index contributed by atoms with van der Waals surface area (Å²) in [7, 11) is -8.64. The maximum atomic E-state index is 11.2. The fourth-order valence-electron chi connectivity index (χ4n) is 4.50. The van der Waals surface area contributed by atoms with Crippen LogP contribution in [0.2, 0.25) is 10.0 Å². The molecule has 0 aliphatic carbocycles. The van der Waals surface area contributed by atoms with E-state index in [0.29, 0.717) is 29.6 Å². The summed E-state index contributed by atoms with van der Waals surface area (Å²) < 4.78 is 67.2. The highest BCUT2D eigenvalue weighted by atomic mass is 35.5. The van der Waals surface area contributed by atoms with Gasteiger partial charge in [0.15, 0.2) is 5.37 Å². The lowest BCUT2D eigenvalue weighted by Crippen LogP contribution is -3.09. The van der Waals surface area contributed by atoms with Gasteiger partial charge in [0, 0.05) is 45.5 Å². The van der Waals surface area contributed by atoms with Crippen molar-refractivity contribution >= 4 is 78.3 Å². The van der Waals surface area contributed by atoms with Crippen molar-refractivity contribution in [3.8, 4) is 0 Å². The van der Waals surface area contributed by atoms with Crippen molar-refractivity contribution in [2.24, 2.45) is 0 Å². The minimum atomic E-state index is -4.33. The number of fused-ring (bicyclic) bond motifs is 2. The van der Waals surface area contributed by atoms with Crippen molar-refractivity contribution in [2.75, 3.05) is 29.5 Å². The summed E-state index contributed by atoms with van der Waals surface area (Å²) in [5.74, 6) is -0.881. The number of benzene rings is 2. The summed E-state index contributed by atoms with van der Waals surface area (Å²) in [6.45, 7) is 2.83. The Kier molecular flexibility index (Phi) is 10.0. The first-order valence-corrected chi connectivity index (χ1v) is 17.8. The van der Waals surface area contributed by atoms with E-state index in [1.807, 2.05) is 42.2 Å². The SMILES string of the molecule is CCC(=CC1Sc2ccc(Cl)cc2[NH+]1CCCS(=O)(=O)[O-])C=C1Sc2ccc(Cl)cc2N1CCCS(=O)(=O)[O-]. The molecular weight excluding hydrogens is 623 g/mol. The molecule has 2 unspecified atom stereocenters. The number of nitrogens with zero attached hydrogens (tertiary/aromatic N) is 1. The number of halogens is 2. The smallest absolute Gasteiger partial charge is 0.163 e. The highest BCUT2D eigenvalue weighted by Crippen LogP contribution is 2.47. The van der Waals surface area contributed by atoms with Crippen LogP contribution < -0.4 is 9.80 Å². The Morgan fingerprint density at radius 1 is 1.00 bits per heavy atom. The van der Waals surface area contributed by atoms with Gasteiger partial charge < -0.3 is 14.0 Å². The standard InChI is InChI=1S/C25H28Cl2N2O6S4/c1-2-17(13-24-28(9-3-11-38(30,31)32)20-15-18(26)5-7-22(20)36-24)14-25-29(10-4-12-39(33,34)35)21-16-19(27)6-8-23(21)37-25/h5-8,13-16,24H,2-4,9-12H2,1H3,(H,30,31,32)(H,33,34,35)/p-1. The van der Waals surface area contributed by atoms with Crippen LogP contribution in [0, 0.1) is 0 Å². The summed E-state index contributed by atoms with van der Waals surface area (Å²) in [6.07, 6.45) is 5.31. The van der Waals surface area contributed by atoms with Crippen LogP contribution in [-0.2, 0) is 20.2 Å². The Morgan fingerprint density at radius 3 is 2.31 bits per heavy atom. The number of hydrogen-bond acceptors (Lipinski definition) is 9. The maximum Gasteiger partial charge on any atom is 0.163 e. The van der Waals surface area contributed by atoms with E-state index in [4.69, 9.17) is 23.2 Å². The van der Waals surface area contributed by atoms with E-state index in [9.17, 15) is 25.9 Å². The summed E-state index contributed by atoms with van der Waals surface area (Å²) in [5, 5.41) is 1.97. The zero-order chi connectivity index (χ0) is 28.4. The predicted molar refractivity (Wildman–Crippen MR) is 156 cm³/mol. The molecule has 0 amide bonds. The first-order chi connectivity index (χ1) is 18.3. The van der Waals surface area contributed by atoms with Gasteiger partial charge in [-0.05, 0) is 60.9 Å². The Balaban J connectivity index is 1.62. The zero-order valence-electron chi connectivity index (χ0n) is 20.9. The number of quaternary nitrogens is 1. The van der Waals surface area contributed by atoms with Crippen molar-refractivity contribution < 1.29 is 30.8 Å². The molecule has 2 aromatic carbocycles. The number of allylic oxidation sites excluding steroid dienone is 2. The number of anilines is 1. The van der Waals surface area contributed by atoms with Crippen LogP contribution in [0.25, 0.3) is 0 Å². The van der Waals surface area contributed by atoms with Crippen LogP contribution in [0.1, 0.15) is 26.2 Å². The molecule has 2 atom stereocenters. The number of hydrogen-bond donors (Lipinski definition) is 1. The van der Waals surface area contributed by atoms with Crippen LogP contribution in [0.15, 0.2) is 68.9 Å². The average Bonchev–Trinajstić information content (AvgIpc) is 3.34. The van der Waals surface area contributed by atoms with Crippen molar-refractivity contribution in [3.63, 3.8) is 0 Å². The van der Waals surface area contributed by atoms with Crippen LogP contribution in [0.4, 0.5) is 11.4 Å². The van der Waals surface area contributed by atoms with Crippen LogP contribution >= 0.6 is 46.7 Å². The molecule has 0 saturated carbocycles. The van der Waals surface area contributed by atoms with Crippen molar-refractivity contribution in [1.82, 2.24) is 0 Å². The van der Waals surface area contributed by atoms with Crippen LogP contribution in [-0.4, -0.2) is 55.9 Å². The topological polar surface area (TPSA) is 122 Å². The van der Waals surface area contributed by atoms with E-state index in [2.05, 4.69) is 12.2 Å². The van der Waals surface area contributed by atoms with E-state index in [1.54, 1.807) is 29.6 Å². The lowest BCUT2D eigenvalue weighted by molar-refractivity contribution is -0.835. The highest BCUT2D eigenvalue weighted by Gasteiger charge is 2.34. The fourth-order valence-corrected chi connectivity index (χ4v) is 8.33. The molecule has 4 rings (SSSR count). The lowest BCUT2D eigenvalue weighted by atomic mass is 10.1. The molecule has 2 aliphatic rings. The minimum Gasteiger partial charge on any atom is -0.748 e. The lowest BCUT2D eigenvalue weighted by Gasteiger charge is -2.22. The molecule has 0 radical (unpaired) electrons. The molecule has 0 saturated heterocycles. The summed E-state index contributed by atoms with van der Waals surface area (Å²) in [5.41, 5.74) is 2.86. The van der Waals surface area contributed by atoms with Gasteiger partial charge in [-0.3, -0.25) is 4.90 Å². The van der Waals surface area contributed by atoms with Gasteiger partial charge in [-0.15, -0.1) is 0 Å². The molecule has 212 valence electrons. The molecular formula is C25H27Cl2N2O6S4-. The highest BCUT2D eigenvalue weighted by molar-refractivity contribution is 8.03. The Morgan fingerprint density at radius 2 is 1.64 bits per heavy atom. The molecule has 39 heavy (non-hydrogen) atoms. The average molecular weight is 651 g/mol. The molecule has 0 fully saturated rings. The molecule has 1 N–H and O–H groups in total. The van der Waals surface area contributed by atoms with Gasteiger partial charge in [-0.25, -0.2) is 16.8 Å². The van der Waals surface area contributed by atoms with Crippen LogP contribution in [0.5, 0.6) is 0 Å². The van der Waals surface area contributed by atoms with E-state index in [-0.39, 0.29) is 18.2 Å². The second kappa shape index (κ2) is 12.7. The Labute approximate surface area is 247 Å². The van der Waals surface area contributed by atoms with Gasteiger partial charge in [-0.2, -0.15) is 0 Å². The molecule has 2 heterocycles. The number of rotatable bonds is 11. The zero-order valence-corrected chi connectivity index (χ0v) is 25.7. The van der Waals surface area contributed by atoms with E-state index in [0.717, 1.165) is 36.7 Å². The van der Waals surface area contributed by atoms with E-state index >= 15 is 0 Å². The van der Waals surface area contributed by atoms with Gasteiger partial charge >= 0.3 is 0 Å². The van der Waals surface area contributed by atoms with Gasteiger partial charge in [-0.1, -0.05) is 53.6 Å². The molecule has 0 aromatic heterocycles. The maximum absolute atomic E-state index is 11.2. The van der Waals surface area contributed by atoms with Crippen molar-refractivity contribution in [1.29, 1.82) is 0 Å².